The fourth-order valence-electron chi connectivity index (χ4n) is 1.43. The molecule has 0 spiro atoms. The van der Waals surface area contributed by atoms with Crippen molar-refractivity contribution < 1.29 is 14.3 Å². The van der Waals surface area contributed by atoms with Gasteiger partial charge >= 0.3 is 6.09 Å². The van der Waals surface area contributed by atoms with Crippen molar-refractivity contribution in [3.63, 3.8) is 0 Å². The molecule has 0 bridgehead atoms. The molecule has 1 rings (SSSR count). The van der Waals surface area contributed by atoms with Crippen molar-refractivity contribution in [3.05, 3.63) is 14.8 Å². The maximum Gasteiger partial charge on any atom is 0.436 e. The number of carbonyl (C=O) groups is 1. The molecule has 0 aliphatic rings. The highest BCUT2D eigenvalue weighted by Crippen LogP contribution is 2.14. The van der Waals surface area contributed by atoms with Crippen LogP contribution in [-0.2, 0) is 16.2 Å². The van der Waals surface area contributed by atoms with Gasteiger partial charge in [-0.2, -0.15) is 0 Å². The van der Waals surface area contributed by atoms with Crippen molar-refractivity contribution in [3.8, 4) is 0 Å². The van der Waals surface area contributed by atoms with Gasteiger partial charge in [0.25, 0.3) is 0 Å². The van der Waals surface area contributed by atoms with E-state index < -0.39 is 19.8 Å². The molecule has 1 aromatic heterocycles. The predicted molar refractivity (Wildman–Crippen MR) is 95.9 cm³/mol. The van der Waals surface area contributed by atoms with Crippen LogP contribution in [0, 0.1) is 0 Å². The molecule has 0 N–H and O–H groups in total. The standard InChI is InChI=1S/C14H25BrN2O3SSi/c1-14(2,3)20-13(18)16-12-17(9-11(15)21-12)10-19-7-8-22(4,5)6/h9H,7-8,10H2,1-6H3/b16-12-. The van der Waals surface area contributed by atoms with Crippen LogP contribution >= 0.6 is 27.3 Å². The molecule has 8 heteroatoms. The number of nitrogens with zero attached hydrogens (tertiary/aromatic N) is 2. The van der Waals surface area contributed by atoms with Crippen molar-refractivity contribution in [2.75, 3.05) is 6.61 Å². The molecular weight excluding hydrogens is 384 g/mol. The monoisotopic (exact) mass is 408 g/mol. The molecule has 0 saturated heterocycles. The molecule has 1 amide bonds. The minimum absolute atomic E-state index is 0.383. The highest BCUT2D eigenvalue weighted by atomic mass is 79.9. The molecular formula is C14H25BrN2O3SSi. The fourth-order valence-corrected chi connectivity index (χ4v) is 3.57. The largest absolute Gasteiger partial charge is 0.442 e. The molecule has 1 aromatic rings. The van der Waals surface area contributed by atoms with Gasteiger partial charge in [0.15, 0.2) is 4.80 Å². The lowest BCUT2D eigenvalue weighted by Crippen LogP contribution is -2.25. The van der Waals surface area contributed by atoms with Gasteiger partial charge in [-0.15, -0.1) is 4.99 Å². The zero-order valence-corrected chi connectivity index (χ0v) is 17.5. The zero-order valence-electron chi connectivity index (χ0n) is 14.1. The third kappa shape index (κ3) is 8.26. The van der Waals surface area contributed by atoms with E-state index in [0.29, 0.717) is 11.5 Å². The summed E-state index contributed by atoms with van der Waals surface area (Å²) in [5.74, 6) is 0. The van der Waals surface area contributed by atoms with E-state index in [-0.39, 0.29) is 0 Å². The Morgan fingerprint density at radius 3 is 2.59 bits per heavy atom. The second-order valence-corrected chi connectivity index (χ2v) is 15.2. The van der Waals surface area contributed by atoms with Crippen molar-refractivity contribution in [1.82, 2.24) is 4.57 Å². The van der Waals surface area contributed by atoms with Gasteiger partial charge in [0.05, 0.1) is 3.79 Å². The lowest BCUT2D eigenvalue weighted by atomic mass is 10.2. The first-order valence-corrected chi connectivity index (χ1v) is 12.5. The van der Waals surface area contributed by atoms with E-state index in [1.807, 2.05) is 31.5 Å². The van der Waals surface area contributed by atoms with Crippen LogP contribution in [0.2, 0.25) is 25.7 Å². The van der Waals surface area contributed by atoms with Gasteiger partial charge in [-0.25, -0.2) is 4.79 Å². The maximum atomic E-state index is 11.8. The summed E-state index contributed by atoms with van der Waals surface area (Å²) in [5, 5.41) is 0. The summed E-state index contributed by atoms with van der Waals surface area (Å²) in [6, 6.07) is 1.11. The van der Waals surface area contributed by atoms with Crippen molar-refractivity contribution in [2.24, 2.45) is 4.99 Å². The van der Waals surface area contributed by atoms with Crippen molar-refractivity contribution >= 4 is 41.4 Å². The lowest BCUT2D eigenvalue weighted by Gasteiger charge is -2.17. The first-order valence-electron chi connectivity index (χ1n) is 7.17. The average molecular weight is 409 g/mol. The molecule has 5 nitrogen and oxygen atoms in total. The summed E-state index contributed by atoms with van der Waals surface area (Å²) in [6.07, 6.45) is 1.28. The quantitative estimate of drug-likeness (QED) is 0.533. The summed E-state index contributed by atoms with van der Waals surface area (Å²) < 4.78 is 13.6. The van der Waals surface area contributed by atoms with Gasteiger partial charge in [-0.1, -0.05) is 31.0 Å². The molecule has 0 unspecified atom stereocenters. The minimum atomic E-state index is -1.10. The fraction of sp³-hybridized carbons (Fsp3) is 0.714. The SMILES string of the molecule is CC(C)(C)OC(=O)/N=c1\sc(Br)cn1COCC[Si](C)(C)C. The second-order valence-electron chi connectivity index (χ2n) is 7.23. The molecule has 126 valence electrons. The summed E-state index contributed by atoms with van der Waals surface area (Å²) in [7, 11) is -1.10. The number of hydrogen-bond donors (Lipinski definition) is 0. The Morgan fingerprint density at radius 1 is 1.41 bits per heavy atom. The third-order valence-corrected chi connectivity index (χ3v) is 5.70. The molecule has 0 atom stereocenters. The Morgan fingerprint density at radius 2 is 2.05 bits per heavy atom. The number of thiazole rings is 1. The second kappa shape index (κ2) is 7.90. The van der Waals surface area contributed by atoms with Crippen LogP contribution in [0.15, 0.2) is 15.0 Å². The van der Waals surface area contributed by atoms with Crippen LogP contribution in [0.1, 0.15) is 20.8 Å². The molecule has 0 saturated carbocycles. The number of hydrogen-bond acceptors (Lipinski definition) is 4. The summed E-state index contributed by atoms with van der Waals surface area (Å²) in [5.41, 5.74) is -0.548. The van der Waals surface area contributed by atoms with Gasteiger partial charge in [-0.3, -0.25) is 4.57 Å². The first-order chi connectivity index (χ1) is 9.96. The van der Waals surface area contributed by atoms with Crippen molar-refractivity contribution in [1.29, 1.82) is 0 Å². The van der Waals surface area contributed by atoms with Gasteiger partial charge in [-0.05, 0) is 42.7 Å². The van der Waals surface area contributed by atoms with Crippen LogP contribution in [0.3, 0.4) is 0 Å². The Balaban J connectivity index is 2.71. The van der Waals surface area contributed by atoms with Crippen LogP contribution in [0.25, 0.3) is 0 Å². The van der Waals surface area contributed by atoms with E-state index >= 15 is 0 Å². The van der Waals surface area contributed by atoms with E-state index in [4.69, 9.17) is 9.47 Å². The van der Waals surface area contributed by atoms with Crippen LogP contribution in [-0.4, -0.2) is 30.9 Å². The topological polar surface area (TPSA) is 52.8 Å². The van der Waals surface area contributed by atoms with E-state index in [1.165, 1.54) is 11.3 Å². The molecule has 0 radical (unpaired) electrons. The van der Waals surface area contributed by atoms with Crippen LogP contribution in [0.5, 0.6) is 0 Å². The number of amides is 1. The Kier molecular flexibility index (Phi) is 7.04. The Labute approximate surface area is 145 Å². The zero-order chi connectivity index (χ0) is 17.0. The average Bonchev–Trinajstić information content (AvgIpc) is 2.61. The van der Waals surface area contributed by atoms with E-state index in [1.54, 1.807) is 0 Å². The van der Waals surface area contributed by atoms with Crippen molar-refractivity contribution in [2.45, 2.75) is 58.8 Å². The molecule has 22 heavy (non-hydrogen) atoms. The number of rotatable bonds is 5. The molecule has 0 fully saturated rings. The van der Waals surface area contributed by atoms with Crippen LogP contribution < -0.4 is 4.80 Å². The minimum Gasteiger partial charge on any atom is -0.442 e. The van der Waals surface area contributed by atoms with Gasteiger partial charge < -0.3 is 9.47 Å². The van der Waals surface area contributed by atoms with E-state index in [2.05, 4.69) is 40.6 Å². The highest BCUT2D eigenvalue weighted by Gasteiger charge is 2.16. The maximum absolute atomic E-state index is 11.8. The lowest BCUT2D eigenvalue weighted by molar-refractivity contribution is 0.0589. The summed E-state index contributed by atoms with van der Waals surface area (Å²) in [6.45, 7) is 13.5. The molecule has 0 aliphatic carbocycles. The predicted octanol–water partition coefficient (Wildman–Crippen LogP) is 4.46. The van der Waals surface area contributed by atoms with E-state index in [9.17, 15) is 4.79 Å². The molecule has 0 aliphatic heterocycles. The highest BCUT2D eigenvalue weighted by molar-refractivity contribution is 9.11. The number of carbonyl (C=O) groups excluding carboxylic acids is 1. The number of halogens is 1. The molecule has 0 aromatic carbocycles. The summed E-state index contributed by atoms with van der Waals surface area (Å²) in [4.78, 5) is 16.4. The Hall–Kier alpha value is -0.443. The van der Waals surface area contributed by atoms with Gasteiger partial charge in [0.1, 0.15) is 12.3 Å². The Bertz CT molecular complexity index is 570. The van der Waals surface area contributed by atoms with Crippen LogP contribution in [0.4, 0.5) is 4.79 Å². The first kappa shape index (κ1) is 19.6. The number of aromatic nitrogens is 1. The normalized spacial score (nSPS) is 13.5. The third-order valence-electron chi connectivity index (χ3n) is 2.50. The summed E-state index contributed by atoms with van der Waals surface area (Å²) >= 11 is 4.79. The van der Waals surface area contributed by atoms with Gasteiger partial charge in [0.2, 0.25) is 0 Å². The molecule has 1 heterocycles. The van der Waals surface area contributed by atoms with Gasteiger partial charge in [0, 0.05) is 20.9 Å². The smallest absolute Gasteiger partial charge is 0.436 e. The number of ether oxygens (including phenoxy) is 2. The van der Waals surface area contributed by atoms with E-state index in [0.717, 1.165) is 16.4 Å².